The number of rotatable bonds is 6. The number of aromatic amines is 1. The summed E-state index contributed by atoms with van der Waals surface area (Å²) in [5.41, 5.74) is 3.99. The van der Waals surface area contributed by atoms with Crippen LogP contribution in [0.25, 0.3) is 0 Å². The number of carboxylic acids is 1. The number of nitrogens with two attached hydrogens (primary N) is 1. The third-order valence-corrected chi connectivity index (χ3v) is 4.49. The highest BCUT2D eigenvalue weighted by molar-refractivity contribution is 7.99. The molecular formula is C12H17N3O7S. The van der Waals surface area contributed by atoms with Gasteiger partial charge in [-0.05, 0) is 0 Å². The van der Waals surface area contributed by atoms with Gasteiger partial charge in [-0.3, -0.25) is 19.1 Å². The molecule has 1 aromatic rings. The van der Waals surface area contributed by atoms with Crippen molar-refractivity contribution < 1.29 is 24.9 Å². The van der Waals surface area contributed by atoms with Gasteiger partial charge in [-0.1, -0.05) is 0 Å². The first-order chi connectivity index (χ1) is 10.8. The number of hydrogen-bond acceptors (Lipinski definition) is 8. The van der Waals surface area contributed by atoms with Gasteiger partial charge >= 0.3 is 11.7 Å². The Bertz CT molecular complexity index is 688. The molecule has 1 aromatic heterocycles. The van der Waals surface area contributed by atoms with Crippen molar-refractivity contribution in [3.8, 4) is 0 Å². The molecular weight excluding hydrogens is 330 g/mol. The number of hydrogen-bond donors (Lipinski definition) is 5. The maximum atomic E-state index is 11.9. The predicted molar refractivity (Wildman–Crippen MR) is 79.3 cm³/mol. The van der Waals surface area contributed by atoms with Gasteiger partial charge in [0.15, 0.2) is 0 Å². The highest BCUT2D eigenvalue weighted by Gasteiger charge is 2.35. The Morgan fingerprint density at radius 3 is 2.83 bits per heavy atom. The second-order valence-electron chi connectivity index (χ2n) is 5.03. The Labute approximate surface area is 133 Å². The summed E-state index contributed by atoms with van der Waals surface area (Å²) in [6, 6.07) is -1.15. The first kappa shape index (κ1) is 17.7. The van der Waals surface area contributed by atoms with Crippen molar-refractivity contribution in [1.82, 2.24) is 9.55 Å². The number of carboxylic acid groups (broad SMARTS) is 1. The normalized spacial score (nSPS) is 25.4. The first-order valence-electron chi connectivity index (χ1n) is 6.74. The second-order valence-corrected chi connectivity index (χ2v) is 6.09. The lowest BCUT2D eigenvalue weighted by Crippen LogP contribution is -2.35. The summed E-state index contributed by atoms with van der Waals surface area (Å²) >= 11 is 0.896. The summed E-state index contributed by atoms with van der Waals surface area (Å²) < 4.78 is 6.45. The van der Waals surface area contributed by atoms with Crippen molar-refractivity contribution >= 4 is 17.7 Å². The van der Waals surface area contributed by atoms with Gasteiger partial charge in [0, 0.05) is 18.4 Å². The van der Waals surface area contributed by atoms with Gasteiger partial charge in [0.05, 0.1) is 17.6 Å². The van der Waals surface area contributed by atoms with Crippen LogP contribution < -0.4 is 17.0 Å². The Hall–Kier alpha value is -1.66. The van der Waals surface area contributed by atoms with Crippen molar-refractivity contribution in [2.24, 2.45) is 5.73 Å². The van der Waals surface area contributed by atoms with Gasteiger partial charge in [0.25, 0.3) is 5.56 Å². The van der Waals surface area contributed by atoms with Crippen LogP contribution in [0.3, 0.4) is 0 Å². The number of thioether (sulfide) groups is 1. The summed E-state index contributed by atoms with van der Waals surface area (Å²) in [6.45, 7) is -0.398. The average Bonchev–Trinajstić information content (AvgIpc) is 2.86. The summed E-state index contributed by atoms with van der Waals surface area (Å²) in [6.07, 6.45) is -1.26. The zero-order valence-corrected chi connectivity index (χ0v) is 12.7. The molecule has 0 radical (unpaired) electrons. The fraction of sp³-hybridized carbons (Fsp3) is 0.583. The van der Waals surface area contributed by atoms with Gasteiger partial charge in [0.2, 0.25) is 0 Å². The molecule has 0 aliphatic carbocycles. The number of aromatic nitrogens is 2. The minimum atomic E-state index is -1.20. The van der Waals surface area contributed by atoms with Crippen LogP contribution in [0.5, 0.6) is 0 Å². The molecule has 6 N–H and O–H groups in total. The van der Waals surface area contributed by atoms with Crippen LogP contribution in [0, 0.1) is 0 Å². The SMILES string of the molecule is N[C@@H](CSc1cn([C@H]2C[C@H](O)[C@@H](CO)O2)c(=O)[nH]c1=O)C(=O)O. The van der Waals surface area contributed by atoms with Crippen LogP contribution >= 0.6 is 11.8 Å². The van der Waals surface area contributed by atoms with Gasteiger partial charge in [0.1, 0.15) is 18.4 Å². The monoisotopic (exact) mass is 347 g/mol. The van der Waals surface area contributed by atoms with E-state index in [1.54, 1.807) is 0 Å². The Kier molecular flexibility index (Phi) is 5.59. The zero-order chi connectivity index (χ0) is 17.1. The molecule has 23 heavy (non-hydrogen) atoms. The molecule has 1 aliphatic heterocycles. The second kappa shape index (κ2) is 7.27. The summed E-state index contributed by atoms with van der Waals surface area (Å²) in [4.78, 5) is 36.5. The van der Waals surface area contributed by atoms with Crippen molar-refractivity contribution in [1.29, 1.82) is 0 Å². The zero-order valence-electron chi connectivity index (χ0n) is 11.9. The number of aliphatic hydroxyl groups excluding tert-OH is 2. The molecule has 1 saturated heterocycles. The van der Waals surface area contributed by atoms with Crippen molar-refractivity contribution in [3.63, 3.8) is 0 Å². The van der Waals surface area contributed by atoms with E-state index in [0.717, 1.165) is 16.3 Å². The van der Waals surface area contributed by atoms with Crippen LogP contribution in [0.1, 0.15) is 12.6 Å². The van der Waals surface area contributed by atoms with Crippen molar-refractivity contribution in [2.45, 2.75) is 35.8 Å². The molecule has 0 unspecified atom stereocenters. The molecule has 11 heteroatoms. The fourth-order valence-corrected chi connectivity index (χ4v) is 2.96. The maximum Gasteiger partial charge on any atom is 0.330 e. The quantitative estimate of drug-likeness (QED) is 0.355. The van der Waals surface area contributed by atoms with E-state index in [2.05, 4.69) is 4.98 Å². The first-order valence-corrected chi connectivity index (χ1v) is 7.73. The summed E-state index contributed by atoms with van der Waals surface area (Å²) in [5, 5.41) is 27.5. The van der Waals surface area contributed by atoms with E-state index in [1.807, 2.05) is 0 Å². The van der Waals surface area contributed by atoms with E-state index in [9.17, 15) is 19.5 Å². The molecule has 0 aromatic carbocycles. The fourth-order valence-electron chi connectivity index (χ4n) is 2.08. The number of ether oxygens (including phenoxy) is 1. The largest absolute Gasteiger partial charge is 0.480 e. The van der Waals surface area contributed by atoms with Crippen LogP contribution in [-0.2, 0) is 9.53 Å². The van der Waals surface area contributed by atoms with Gasteiger partial charge in [-0.25, -0.2) is 4.79 Å². The predicted octanol–water partition coefficient (Wildman–Crippen LogP) is -2.32. The lowest BCUT2D eigenvalue weighted by Gasteiger charge is -2.15. The number of nitrogens with one attached hydrogen (secondary N) is 1. The van der Waals surface area contributed by atoms with E-state index in [4.69, 9.17) is 20.7 Å². The molecule has 10 nitrogen and oxygen atoms in total. The van der Waals surface area contributed by atoms with Crippen molar-refractivity contribution in [3.05, 3.63) is 27.0 Å². The Balaban J connectivity index is 2.22. The molecule has 0 saturated carbocycles. The van der Waals surface area contributed by atoms with Gasteiger partial charge < -0.3 is 25.8 Å². The summed E-state index contributed by atoms with van der Waals surface area (Å²) in [7, 11) is 0. The topological polar surface area (TPSA) is 168 Å². The number of carbonyl (C=O) groups is 1. The molecule has 1 aliphatic rings. The Morgan fingerprint density at radius 1 is 1.57 bits per heavy atom. The van der Waals surface area contributed by atoms with Crippen LogP contribution in [0.2, 0.25) is 0 Å². The standard InChI is InChI=1S/C12H17N3O7S/c13-5(11(19)20)4-23-8-2-15(12(21)14-10(8)18)9-1-6(17)7(3-16)22-9/h2,5-7,9,16-17H,1,3-4,13H2,(H,19,20)(H,14,18,21)/t5-,6-,7+,9+/m0/s1. The van der Waals surface area contributed by atoms with Gasteiger partial charge in [-0.2, -0.15) is 0 Å². The molecule has 0 spiro atoms. The molecule has 0 amide bonds. The highest BCUT2D eigenvalue weighted by atomic mass is 32.2. The molecule has 4 atom stereocenters. The molecule has 1 fully saturated rings. The smallest absolute Gasteiger partial charge is 0.330 e. The minimum absolute atomic E-state index is 0.0516. The van der Waals surface area contributed by atoms with E-state index in [-0.39, 0.29) is 17.1 Å². The maximum absolute atomic E-state index is 11.9. The van der Waals surface area contributed by atoms with E-state index >= 15 is 0 Å². The van der Waals surface area contributed by atoms with E-state index in [0.29, 0.717) is 0 Å². The molecule has 128 valence electrons. The third kappa shape index (κ3) is 4.00. The number of aliphatic carboxylic acids is 1. The average molecular weight is 347 g/mol. The van der Waals surface area contributed by atoms with Crippen LogP contribution in [0.15, 0.2) is 20.7 Å². The van der Waals surface area contributed by atoms with Crippen molar-refractivity contribution in [2.75, 3.05) is 12.4 Å². The lowest BCUT2D eigenvalue weighted by atomic mass is 10.2. The van der Waals surface area contributed by atoms with Gasteiger partial charge in [-0.15, -0.1) is 11.8 Å². The van der Waals surface area contributed by atoms with E-state index < -0.39 is 48.3 Å². The molecule has 0 bridgehead atoms. The Morgan fingerprint density at radius 2 is 2.26 bits per heavy atom. The number of nitrogens with zero attached hydrogens (tertiary/aromatic N) is 1. The lowest BCUT2D eigenvalue weighted by molar-refractivity contribution is -0.137. The molecule has 2 rings (SSSR count). The third-order valence-electron chi connectivity index (χ3n) is 3.37. The molecule has 2 heterocycles. The van der Waals surface area contributed by atoms with E-state index in [1.165, 1.54) is 6.20 Å². The number of H-pyrrole nitrogens is 1. The minimum Gasteiger partial charge on any atom is -0.480 e. The van der Waals surface area contributed by atoms with Crippen LogP contribution in [-0.4, -0.2) is 61.4 Å². The van der Waals surface area contributed by atoms with Crippen LogP contribution in [0.4, 0.5) is 0 Å². The summed E-state index contributed by atoms with van der Waals surface area (Å²) in [5.74, 6) is -1.25. The number of aliphatic hydroxyl groups is 2. The highest BCUT2D eigenvalue weighted by Crippen LogP contribution is 2.27.